The molecule has 3 amide bonds. The summed E-state index contributed by atoms with van der Waals surface area (Å²) in [6.07, 6.45) is -3.97. The van der Waals surface area contributed by atoms with Crippen molar-refractivity contribution >= 4 is 17.6 Å². The number of carbonyl (C=O) groups is 2. The minimum Gasteiger partial charge on any atom is -0.388 e. The van der Waals surface area contributed by atoms with Crippen LogP contribution in [0.15, 0.2) is 30.3 Å². The Labute approximate surface area is 157 Å². The lowest BCUT2D eigenvalue weighted by atomic mass is 10.0. The quantitative estimate of drug-likeness (QED) is 0.550. The lowest BCUT2D eigenvalue weighted by Gasteiger charge is -2.28. The van der Waals surface area contributed by atoms with Crippen LogP contribution in [0.4, 0.5) is 10.5 Å². The van der Waals surface area contributed by atoms with E-state index in [-0.39, 0.29) is 18.9 Å². The third-order valence-electron chi connectivity index (χ3n) is 4.70. The fraction of sp³-hybridized carbons (Fsp3) is 0.556. The van der Waals surface area contributed by atoms with Crippen LogP contribution in [0.5, 0.6) is 0 Å². The lowest BCUT2D eigenvalue weighted by Crippen LogP contribution is -2.43. The van der Waals surface area contributed by atoms with Gasteiger partial charge in [-0.1, -0.05) is 18.2 Å². The van der Waals surface area contributed by atoms with E-state index in [0.29, 0.717) is 32.0 Å². The van der Waals surface area contributed by atoms with Gasteiger partial charge in [-0.05, 0) is 12.1 Å². The van der Waals surface area contributed by atoms with Gasteiger partial charge in [-0.25, -0.2) is 4.79 Å². The van der Waals surface area contributed by atoms with Gasteiger partial charge in [-0.15, -0.1) is 0 Å². The molecular weight excluding hydrogens is 354 g/mol. The number of hydrogen-bond acceptors (Lipinski definition) is 6. The van der Waals surface area contributed by atoms with Crippen LogP contribution in [0.3, 0.4) is 0 Å². The van der Waals surface area contributed by atoms with Crippen molar-refractivity contribution in [3.05, 3.63) is 30.3 Å². The van der Waals surface area contributed by atoms with Crippen molar-refractivity contribution in [3.8, 4) is 0 Å². The Kier molecular flexibility index (Phi) is 6.62. The van der Waals surface area contributed by atoms with Crippen molar-refractivity contribution in [1.82, 2.24) is 10.2 Å². The molecule has 0 aromatic heterocycles. The molecule has 0 saturated carbocycles. The van der Waals surface area contributed by atoms with Gasteiger partial charge in [0.15, 0.2) is 0 Å². The summed E-state index contributed by atoms with van der Waals surface area (Å²) in [5, 5.41) is 25.6. The van der Waals surface area contributed by atoms with Gasteiger partial charge < -0.3 is 35.2 Å². The van der Waals surface area contributed by atoms with Crippen LogP contribution in [-0.4, -0.2) is 84.3 Å². The highest BCUT2D eigenvalue weighted by Crippen LogP contribution is 2.24. The Morgan fingerprint density at radius 3 is 2.44 bits per heavy atom. The summed E-state index contributed by atoms with van der Waals surface area (Å²) in [5.41, 5.74) is 0.636. The van der Waals surface area contributed by atoms with Gasteiger partial charge >= 0.3 is 6.03 Å². The average Bonchev–Trinajstić information content (AvgIpc) is 2.95. The maximum atomic E-state index is 12.3. The second-order valence-electron chi connectivity index (χ2n) is 6.59. The number of hydrogen-bond donors (Lipinski definition) is 4. The predicted octanol–water partition coefficient (Wildman–Crippen LogP) is -0.454. The van der Waals surface area contributed by atoms with Crippen LogP contribution in [0.25, 0.3) is 0 Å². The van der Waals surface area contributed by atoms with Crippen molar-refractivity contribution in [3.63, 3.8) is 0 Å². The third kappa shape index (κ3) is 5.16. The van der Waals surface area contributed by atoms with Crippen molar-refractivity contribution in [2.45, 2.75) is 30.8 Å². The number of aliphatic hydroxyl groups excluding tert-OH is 2. The smallest absolute Gasteiger partial charge is 0.319 e. The number of ether oxygens (including phenoxy) is 2. The first kappa shape index (κ1) is 19.6. The Bertz CT molecular complexity index is 637. The maximum absolute atomic E-state index is 12.3. The predicted molar refractivity (Wildman–Crippen MR) is 96.2 cm³/mol. The van der Waals surface area contributed by atoms with Gasteiger partial charge in [0.1, 0.15) is 18.3 Å². The molecule has 0 bridgehead atoms. The van der Waals surface area contributed by atoms with E-state index < -0.39 is 30.4 Å². The number of urea groups is 1. The number of benzene rings is 1. The number of para-hydroxylation sites is 1. The van der Waals surface area contributed by atoms with Crippen molar-refractivity contribution in [1.29, 1.82) is 0 Å². The summed E-state index contributed by atoms with van der Waals surface area (Å²) in [4.78, 5) is 25.9. The Hall–Kier alpha value is -2.20. The second-order valence-corrected chi connectivity index (χ2v) is 6.59. The van der Waals surface area contributed by atoms with E-state index in [1.165, 1.54) is 0 Å². The zero-order chi connectivity index (χ0) is 19.2. The minimum absolute atomic E-state index is 0.0130. The van der Waals surface area contributed by atoms with Crippen LogP contribution in [0.2, 0.25) is 0 Å². The zero-order valence-electron chi connectivity index (χ0n) is 14.9. The highest BCUT2D eigenvalue weighted by atomic mass is 16.5. The van der Waals surface area contributed by atoms with E-state index in [4.69, 9.17) is 9.47 Å². The van der Waals surface area contributed by atoms with E-state index in [9.17, 15) is 19.8 Å². The number of carbonyl (C=O) groups excluding carboxylic acids is 2. The third-order valence-corrected chi connectivity index (χ3v) is 4.70. The first-order valence-corrected chi connectivity index (χ1v) is 9.01. The Balaban J connectivity index is 1.46. The molecule has 27 heavy (non-hydrogen) atoms. The Morgan fingerprint density at radius 2 is 1.74 bits per heavy atom. The second kappa shape index (κ2) is 9.14. The summed E-state index contributed by atoms with van der Waals surface area (Å²) in [5.74, 6) is -0.148. The lowest BCUT2D eigenvalue weighted by molar-refractivity contribution is -0.139. The molecule has 4 N–H and O–H groups in total. The molecule has 2 heterocycles. The van der Waals surface area contributed by atoms with Gasteiger partial charge in [0, 0.05) is 25.3 Å². The number of morpholine rings is 1. The summed E-state index contributed by atoms with van der Waals surface area (Å²) in [6.45, 7) is 2.01. The monoisotopic (exact) mass is 379 g/mol. The van der Waals surface area contributed by atoms with E-state index >= 15 is 0 Å². The van der Waals surface area contributed by atoms with Crippen LogP contribution >= 0.6 is 0 Å². The normalized spacial score (nSPS) is 28.0. The highest BCUT2D eigenvalue weighted by molar-refractivity contribution is 5.89. The van der Waals surface area contributed by atoms with Gasteiger partial charge in [0.2, 0.25) is 5.91 Å². The maximum Gasteiger partial charge on any atom is 0.319 e. The largest absolute Gasteiger partial charge is 0.388 e. The first-order chi connectivity index (χ1) is 13.0. The van der Waals surface area contributed by atoms with Crippen LogP contribution in [0, 0.1) is 0 Å². The molecule has 9 heteroatoms. The number of nitrogens with zero attached hydrogens (tertiary/aromatic N) is 1. The molecule has 2 fully saturated rings. The Morgan fingerprint density at radius 1 is 1.07 bits per heavy atom. The van der Waals surface area contributed by atoms with Crippen molar-refractivity contribution < 1.29 is 29.3 Å². The number of nitrogens with one attached hydrogen (secondary N) is 2. The topological polar surface area (TPSA) is 120 Å². The molecule has 0 aliphatic carbocycles. The first-order valence-electron chi connectivity index (χ1n) is 9.01. The van der Waals surface area contributed by atoms with Gasteiger partial charge in [-0.2, -0.15) is 0 Å². The van der Waals surface area contributed by atoms with E-state index in [1.54, 1.807) is 29.2 Å². The van der Waals surface area contributed by atoms with E-state index in [0.717, 1.165) is 0 Å². The molecular formula is C18H25N3O6. The number of anilines is 1. The molecule has 4 atom stereocenters. The minimum atomic E-state index is -1.18. The summed E-state index contributed by atoms with van der Waals surface area (Å²) >= 11 is 0. The highest BCUT2D eigenvalue weighted by Gasteiger charge is 2.43. The molecule has 1 aromatic rings. The van der Waals surface area contributed by atoms with Gasteiger partial charge in [0.25, 0.3) is 0 Å². The molecule has 148 valence electrons. The molecule has 0 radical (unpaired) electrons. The van der Waals surface area contributed by atoms with Crippen molar-refractivity contribution in [2.75, 3.05) is 38.2 Å². The molecule has 3 rings (SSSR count). The number of amides is 3. The van der Waals surface area contributed by atoms with Crippen LogP contribution < -0.4 is 10.6 Å². The number of aliphatic hydroxyl groups is 2. The standard InChI is InChI=1S/C18H25N3O6/c22-15(21-6-8-26-9-7-21)10-13-16(23)17(24)14(27-13)11-19-18(25)20-12-4-2-1-3-5-12/h1-5,13-14,16-17,23-24H,6-11H2,(H2,19,20,25)/t13-,14+,16-,17+/m0/s1. The zero-order valence-corrected chi connectivity index (χ0v) is 14.9. The summed E-state index contributed by atoms with van der Waals surface area (Å²) in [7, 11) is 0. The molecule has 2 aliphatic heterocycles. The van der Waals surface area contributed by atoms with E-state index in [2.05, 4.69) is 10.6 Å². The molecule has 2 aliphatic rings. The van der Waals surface area contributed by atoms with Gasteiger partial charge in [0.05, 0.1) is 25.7 Å². The van der Waals surface area contributed by atoms with E-state index in [1.807, 2.05) is 6.07 Å². The van der Waals surface area contributed by atoms with Crippen molar-refractivity contribution in [2.24, 2.45) is 0 Å². The van der Waals surface area contributed by atoms with Crippen LogP contribution in [0.1, 0.15) is 6.42 Å². The van der Waals surface area contributed by atoms with Crippen LogP contribution in [-0.2, 0) is 14.3 Å². The summed E-state index contributed by atoms with van der Waals surface area (Å²) < 4.78 is 10.8. The summed E-state index contributed by atoms with van der Waals surface area (Å²) in [6, 6.07) is 8.48. The molecule has 1 aromatic carbocycles. The fourth-order valence-electron chi connectivity index (χ4n) is 3.17. The SMILES string of the molecule is O=C(NC[C@H]1O[C@@H](CC(=O)N2CCOCC2)[C@H](O)[C@@H]1O)Nc1ccccc1. The molecule has 9 nitrogen and oxygen atoms in total. The molecule has 2 saturated heterocycles. The molecule has 0 unspecified atom stereocenters. The van der Waals surface area contributed by atoms with Gasteiger partial charge in [-0.3, -0.25) is 4.79 Å². The number of rotatable bonds is 5. The molecule has 0 spiro atoms. The average molecular weight is 379 g/mol. The fourth-order valence-corrected chi connectivity index (χ4v) is 3.17.